The van der Waals surface area contributed by atoms with Gasteiger partial charge in [-0.25, -0.2) is 4.57 Å². The Hall–Kier alpha value is -0.460. The van der Waals surface area contributed by atoms with Crippen molar-refractivity contribution in [3.8, 4) is 0 Å². The molecule has 62 heavy (non-hydrogen) atoms. The number of carbonyl (C=O) groups is 1. The van der Waals surface area contributed by atoms with Crippen molar-refractivity contribution in [1.29, 1.82) is 0 Å². The Bertz CT molecular complexity index is 931. The smallest absolute Gasteiger partial charge is 0.391 e. The van der Waals surface area contributed by atoms with Gasteiger partial charge in [-0.1, -0.05) is 303 Å². The van der Waals surface area contributed by atoms with Crippen molar-refractivity contribution in [2.75, 3.05) is 6.61 Å². The molecule has 7 nitrogen and oxygen atoms in total. The monoisotopic (exact) mass is 900 g/mol. The first-order chi connectivity index (χ1) is 30.3. The number of rotatable bonds is 53. The first kappa shape index (κ1) is 61.5. The van der Waals surface area contributed by atoms with Gasteiger partial charge in [0, 0.05) is 6.42 Å². The molecular weight excluding hydrogens is 790 g/mol. The second-order valence-corrected chi connectivity index (χ2v) is 20.9. The van der Waals surface area contributed by atoms with Crippen LogP contribution >= 0.6 is 7.82 Å². The quantitative estimate of drug-likeness (QED) is 0.0357. The summed E-state index contributed by atoms with van der Waals surface area (Å²) in [6.07, 6.45) is 61.3. The number of aliphatic hydroxyl groups is 1. The molecule has 0 unspecified atom stereocenters. The van der Waals surface area contributed by atoms with E-state index in [4.69, 9.17) is 4.52 Å². The normalized spacial score (nSPS) is 12.9. The van der Waals surface area contributed by atoms with Crippen LogP contribution in [0.5, 0.6) is 0 Å². The van der Waals surface area contributed by atoms with Crippen molar-refractivity contribution in [2.45, 2.75) is 334 Å². The number of unbranched alkanes of at least 4 members (excludes halogenated alkanes) is 44. The number of phosphoric acid groups is 1. The molecule has 8 heteroatoms. The maximum atomic E-state index is 12.7. The van der Waals surface area contributed by atoms with E-state index in [1.54, 1.807) is 0 Å². The number of hydrogen-bond donors (Lipinski definition) is 4. The molecule has 4 N–H and O–H groups in total. The SMILES string of the molecule is CCCCCCCCCCCCCCCCCCCCCCCCCCCCCCCCC(=O)N[C@@H](COP(=O)(O)O)[C@H](O)CCCCCCCCCCCCCCCCCC. The number of amides is 1. The summed E-state index contributed by atoms with van der Waals surface area (Å²) in [5.74, 6) is -0.185. The summed E-state index contributed by atoms with van der Waals surface area (Å²) in [5.41, 5.74) is 0. The molecule has 0 bridgehead atoms. The lowest BCUT2D eigenvalue weighted by atomic mass is 10.0. The molecule has 0 fully saturated rings. The van der Waals surface area contributed by atoms with E-state index in [0.717, 1.165) is 38.5 Å². The molecule has 0 radical (unpaired) electrons. The summed E-state index contributed by atoms with van der Waals surface area (Å²) in [6.45, 7) is 4.17. The van der Waals surface area contributed by atoms with E-state index in [1.807, 2.05) is 0 Å². The number of phosphoric ester groups is 1. The topological polar surface area (TPSA) is 116 Å². The van der Waals surface area contributed by atoms with Gasteiger partial charge in [0.1, 0.15) is 0 Å². The maximum absolute atomic E-state index is 12.7. The van der Waals surface area contributed by atoms with Gasteiger partial charge in [-0.05, 0) is 12.8 Å². The van der Waals surface area contributed by atoms with E-state index in [-0.39, 0.29) is 5.91 Å². The first-order valence-corrected chi connectivity index (χ1v) is 29.5. The lowest BCUT2D eigenvalue weighted by Crippen LogP contribution is -2.46. The van der Waals surface area contributed by atoms with Gasteiger partial charge >= 0.3 is 7.82 Å². The van der Waals surface area contributed by atoms with Gasteiger partial charge in [0.25, 0.3) is 0 Å². The minimum Gasteiger partial charge on any atom is -0.391 e. The molecule has 1 amide bonds. The zero-order valence-corrected chi connectivity index (χ0v) is 42.7. The van der Waals surface area contributed by atoms with Crippen LogP contribution < -0.4 is 5.32 Å². The largest absolute Gasteiger partial charge is 0.469 e. The minimum absolute atomic E-state index is 0.185. The fraction of sp³-hybridized carbons (Fsp3) is 0.981. The van der Waals surface area contributed by atoms with Crippen molar-refractivity contribution in [3.05, 3.63) is 0 Å². The predicted molar refractivity (Wildman–Crippen MR) is 269 cm³/mol. The van der Waals surface area contributed by atoms with Crippen LogP contribution in [0.15, 0.2) is 0 Å². The Balaban J connectivity index is 3.65. The summed E-state index contributed by atoms with van der Waals surface area (Å²) in [7, 11) is -4.69. The molecule has 0 saturated heterocycles. The average molecular weight is 900 g/mol. The van der Waals surface area contributed by atoms with Gasteiger partial charge in [0.15, 0.2) is 0 Å². The zero-order valence-electron chi connectivity index (χ0n) is 41.8. The molecule has 0 heterocycles. The van der Waals surface area contributed by atoms with Gasteiger partial charge in [0.05, 0.1) is 18.8 Å². The number of carbonyl (C=O) groups excluding carboxylic acids is 1. The summed E-state index contributed by atoms with van der Waals surface area (Å²) in [5, 5.41) is 13.6. The van der Waals surface area contributed by atoms with E-state index in [0.29, 0.717) is 12.8 Å². The van der Waals surface area contributed by atoms with Crippen molar-refractivity contribution >= 4 is 13.7 Å². The highest BCUT2D eigenvalue weighted by Gasteiger charge is 2.25. The molecule has 0 aromatic heterocycles. The highest BCUT2D eigenvalue weighted by Crippen LogP contribution is 2.36. The second-order valence-electron chi connectivity index (χ2n) is 19.6. The molecular formula is C54H110NO6P. The van der Waals surface area contributed by atoms with Crippen LogP contribution in [0.4, 0.5) is 0 Å². The van der Waals surface area contributed by atoms with E-state index in [1.165, 1.54) is 257 Å². The van der Waals surface area contributed by atoms with Crippen molar-refractivity contribution in [1.82, 2.24) is 5.32 Å². The van der Waals surface area contributed by atoms with Gasteiger partial charge in [-0.15, -0.1) is 0 Å². The second kappa shape index (κ2) is 50.0. The molecule has 0 rings (SSSR count). The maximum Gasteiger partial charge on any atom is 0.469 e. The van der Waals surface area contributed by atoms with E-state index < -0.39 is 26.6 Å². The average Bonchev–Trinajstić information content (AvgIpc) is 3.25. The molecule has 0 aromatic carbocycles. The first-order valence-electron chi connectivity index (χ1n) is 28.0. The van der Waals surface area contributed by atoms with E-state index in [2.05, 4.69) is 19.2 Å². The predicted octanol–water partition coefficient (Wildman–Crippen LogP) is 17.7. The third kappa shape index (κ3) is 50.5. The van der Waals surface area contributed by atoms with Crippen LogP contribution in [0.25, 0.3) is 0 Å². The van der Waals surface area contributed by atoms with Gasteiger partial charge in [-0.3, -0.25) is 9.32 Å². The molecule has 0 aliphatic rings. The summed E-state index contributed by atoms with van der Waals surface area (Å²) < 4.78 is 16.1. The standard InChI is InChI=1S/C54H110NO6P/c1-3-5-7-9-11-13-15-17-19-21-22-23-24-25-26-27-28-29-30-31-32-33-34-36-38-40-42-44-46-48-50-54(57)55-52(51-61-62(58,59)60)53(56)49-47-45-43-41-39-37-35-20-18-16-14-12-10-8-6-4-2/h52-53,56H,3-51H2,1-2H3,(H,55,57)(H2,58,59,60)/t52-,53+/m0/s1. The fourth-order valence-electron chi connectivity index (χ4n) is 9.12. The summed E-state index contributed by atoms with van der Waals surface area (Å²) >= 11 is 0. The van der Waals surface area contributed by atoms with Crippen LogP contribution in [0.2, 0.25) is 0 Å². The van der Waals surface area contributed by atoms with Crippen molar-refractivity contribution < 1.29 is 28.8 Å². The Labute approximate surface area is 387 Å². The number of nitrogens with one attached hydrogen (secondary N) is 1. The van der Waals surface area contributed by atoms with E-state index in [9.17, 15) is 24.3 Å². The number of hydrogen-bond acceptors (Lipinski definition) is 4. The Morgan fingerprint density at radius 2 is 0.629 bits per heavy atom. The minimum atomic E-state index is -4.69. The van der Waals surface area contributed by atoms with Crippen molar-refractivity contribution in [3.63, 3.8) is 0 Å². The van der Waals surface area contributed by atoms with Gasteiger partial charge in [0.2, 0.25) is 5.91 Å². The third-order valence-corrected chi connectivity index (χ3v) is 13.8. The molecule has 0 aromatic rings. The molecule has 0 spiro atoms. The molecule has 2 atom stereocenters. The molecule has 0 aliphatic carbocycles. The van der Waals surface area contributed by atoms with Crippen molar-refractivity contribution in [2.24, 2.45) is 0 Å². The Kier molecular flexibility index (Phi) is 49.6. The van der Waals surface area contributed by atoms with E-state index >= 15 is 0 Å². The van der Waals surface area contributed by atoms with Crippen LogP contribution in [0.1, 0.15) is 322 Å². The molecule has 0 saturated carbocycles. The highest BCUT2D eigenvalue weighted by atomic mass is 31.2. The van der Waals surface area contributed by atoms with Gasteiger partial charge in [-0.2, -0.15) is 0 Å². The third-order valence-electron chi connectivity index (χ3n) is 13.3. The summed E-state index contributed by atoms with van der Waals surface area (Å²) in [6, 6.07) is -0.819. The van der Waals surface area contributed by atoms with Crippen LogP contribution in [-0.4, -0.2) is 39.6 Å². The highest BCUT2D eigenvalue weighted by molar-refractivity contribution is 7.46. The van der Waals surface area contributed by atoms with Crippen LogP contribution in [-0.2, 0) is 13.9 Å². The lowest BCUT2D eigenvalue weighted by molar-refractivity contribution is -0.123. The molecule has 0 aliphatic heterocycles. The Morgan fingerprint density at radius 1 is 0.403 bits per heavy atom. The fourth-order valence-corrected chi connectivity index (χ4v) is 9.47. The lowest BCUT2D eigenvalue weighted by Gasteiger charge is -2.24. The van der Waals surface area contributed by atoms with Gasteiger partial charge < -0.3 is 20.2 Å². The van der Waals surface area contributed by atoms with Crippen LogP contribution in [0, 0.1) is 0 Å². The zero-order chi connectivity index (χ0) is 45.3. The Morgan fingerprint density at radius 3 is 0.871 bits per heavy atom. The summed E-state index contributed by atoms with van der Waals surface area (Å²) in [4.78, 5) is 31.1. The van der Waals surface area contributed by atoms with Crippen LogP contribution in [0.3, 0.4) is 0 Å². The number of aliphatic hydroxyl groups excluding tert-OH is 1. The molecule has 372 valence electrons.